The number of nitrogens with zero attached hydrogens (tertiary/aromatic N) is 2. The Labute approximate surface area is 141 Å². The largest absolute Gasteiger partial charge is 0.351 e. The fraction of sp³-hybridized carbons (Fsp3) is 0.471. The molecule has 1 aliphatic rings. The Bertz CT molecular complexity index is 583. The second-order valence-electron chi connectivity index (χ2n) is 5.93. The first kappa shape index (κ1) is 17.9. The molecule has 1 atom stereocenters. The molecular weight excluding hydrogens is 308 g/mol. The third-order valence-corrected chi connectivity index (χ3v) is 4.31. The van der Waals surface area contributed by atoms with Crippen LogP contribution in [0.25, 0.3) is 0 Å². The van der Waals surface area contributed by atoms with E-state index >= 15 is 0 Å². The molecule has 1 saturated heterocycles. The molecule has 130 valence electrons. The number of imide groups is 1. The standard InChI is InChI=1S/C17H24N4O3/c1-13(16(23)19-17(18)24)20-9-11-21(12-10-20)15(22)8-7-14-5-3-2-4-6-14/h2-6,13H,7-12H2,1H3,(H3,18,19,23,24). The summed E-state index contributed by atoms with van der Waals surface area (Å²) in [5, 5.41) is 2.09. The van der Waals surface area contributed by atoms with Crippen LogP contribution in [0.3, 0.4) is 0 Å². The molecule has 1 aliphatic heterocycles. The van der Waals surface area contributed by atoms with Crippen molar-refractivity contribution >= 4 is 17.8 Å². The number of rotatable bonds is 5. The molecule has 0 saturated carbocycles. The van der Waals surface area contributed by atoms with Crippen molar-refractivity contribution in [3.8, 4) is 0 Å². The zero-order valence-corrected chi connectivity index (χ0v) is 13.9. The number of piperazine rings is 1. The second kappa shape index (κ2) is 8.44. The lowest BCUT2D eigenvalue weighted by molar-refractivity contribution is -0.134. The number of urea groups is 1. The second-order valence-corrected chi connectivity index (χ2v) is 5.93. The highest BCUT2D eigenvalue weighted by Gasteiger charge is 2.27. The van der Waals surface area contributed by atoms with Crippen LogP contribution in [0.4, 0.5) is 4.79 Å². The quantitative estimate of drug-likeness (QED) is 0.813. The molecule has 1 fully saturated rings. The minimum Gasteiger partial charge on any atom is -0.351 e. The van der Waals surface area contributed by atoms with Gasteiger partial charge >= 0.3 is 6.03 Å². The summed E-state index contributed by atoms with van der Waals surface area (Å²) < 4.78 is 0. The van der Waals surface area contributed by atoms with Crippen LogP contribution in [0.15, 0.2) is 30.3 Å². The highest BCUT2D eigenvalue weighted by molar-refractivity contribution is 5.96. The number of hydrogen-bond donors (Lipinski definition) is 2. The van der Waals surface area contributed by atoms with Crippen molar-refractivity contribution in [2.24, 2.45) is 5.73 Å². The van der Waals surface area contributed by atoms with Crippen LogP contribution in [0.5, 0.6) is 0 Å². The van der Waals surface area contributed by atoms with Gasteiger partial charge in [-0.05, 0) is 18.9 Å². The lowest BCUT2D eigenvalue weighted by Crippen LogP contribution is -2.56. The number of nitrogens with one attached hydrogen (secondary N) is 1. The van der Waals surface area contributed by atoms with E-state index in [1.165, 1.54) is 0 Å². The van der Waals surface area contributed by atoms with Gasteiger partial charge in [0.15, 0.2) is 0 Å². The molecule has 0 spiro atoms. The van der Waals surface area contributed by atoms with Crippen LogP contribution >= 0.6 is 0 Å². The molecule has 7 heteroatoms. The number of benzene rings is 1. The molecule has 1 unspecified atom stereocenters. The number of carbonyl (C=O) groups is 3. The Kier molecular flexibility index (Phi) is 6.31. The molecular formula is C17H24N4O3. The normalized spacial score (nSPS) is 16.5. The lowest BCUT2D eigenvalue weighted by Gasteiger charge is -2.37. The zero-order chi connectivity index (χ0) is 17.5. The van der Waals surface area contributed by atoms with Crippen molar-refractivity contribution in [1.29, 1.82) is 0 Å². The number of hydrogen-bond acceptors (Lipinski definition) is 4. The SMILES string of the molecule is CC(C(=O)NC(N)=O)N1CCN(C(=O)CCc2ccccc2)CC1. The van der Waals surface area contributed by atoms with Gasteiger partial charge in [0.2, 0.25) is 11.8 Å². The molecule has 1 aromatic rings. The molecule has 1 aromatic carbocycles. The summed E-state index contributed by atoms with van der Waals surface area (Å²) in [4.78, 5) is 38.6. The van der Waals surface area contributed by atoms with Gasteiger partial charge in [-0.15, -0.1) is 0 Å². The molecule has 24 heavy (non-hydrogen) atoms. The van der Waals surface area contributed by atoms with Crippen molar-refractivity contribution in [2.75, 3.05) is 26.2 Å². The van der Waals surface area contributed by atoms with E-state index in [0.29, 0.717) is 32.6 Å². The average Bonchev–Trinajstić information content (AvgIpc) is 2.59. The molecule has 4 amide bonds. The minimum atomic E-state index is -0.846. The minimum absolute atomic E-state index is 0.132. The summed E-state index contributed by atoms with van der Waals surface area (Å²) >= 11 is 0. The van der Waals surface area contributed by atoms with Gasteiger partial charge in [-0.1, -0.05) is 30.3 Å². The third kappa shape index (κ3) is 5.06. The van der Waals surface area contributed by atoms with Crippen molar-refractivity contribution in [3.05, 3.63) is 35.9 Å². The first-order valence-corrected chi connectivity index (χ1v) is 8.13. The monoisotopic (exact) mass is 332 g/mol. The summed E-state index contributed by atoms with van der Waals surface area (Å²) in [5.41, 5.74) is 6.12. The summed E-state index contributed by atoms with van der Waals surface area (Å²) in [6, 6.07) is 8.64. The van der Waals surface area contributed by atoms with Crippen molar-refractivity contribution < 1.29 is 14.4 Å². The maximum absolute atomic E-state index is 12.3. The predicted molar refractivity (Wildman–Crippen MR) is 90.1 cm³/mol. The maximum Gasteiger partial charge on any atom is 0.318 e. The Morgan fingerprint density at radius 3 is 2.33 bits per heavy atom. The molecule has 2 rings (SSSR count). The van der Waals surface area contributed by atoms with E-state index in [1.54, 1.807) is 6.92 Å². The molecule has 0 aromatic heterocycles. The average molecular weight is 332 g/mol. The molecule has 0 radical (unpaired) electrons. The number of primary amides is 1. The highest BCUT2D eigenvalue weighted by atomic mass is 16.2. The molecule has 7 nitrogen and oxygen atoms in total. The van der Waals surface area contributed by atoms with Gasteiger partial charge in [-0.3, -0.25) is 19.8 Å². The van der Waals surface area contributed by atoms with Gasteiger partial charge in [0.05, 0.1) is 6.04 Å². The maximum atomic E-state index is 12.3. The van der Waals surface area contributed by atoms with Crippen molar-refractivity contribution in [2.45, 2.75) is 25.8 Å². The number of amides is 4. The summed E-state index contributed by atoms with van der Waals surface area (Å²) in [7, 11) is 0. The van der Waals surface area contributed by atoms with Crippen LogP contribution in [0.2, 0.25) is 0 Å². The Hall–Kier alpha value is -2.41. The van der Waals surface area contributed by atoms with Crippen LogP contribution in [0, 0.1) is 0 Å². The van der Waals surface area contributed by atoms with E-state index in [9.17, 15) is 14.4 Å². The van der Waals surface area contributed by atoms with Gasteiger partial charge in [0.25, 0.3) is 0 Å². The van der Waals surface area contributed by atoms with E-state index < -0.39 is 18.0 Å². The van der Waals surface area contributed by atoms with E-state index in [2.05, 4.69) is 5.32 Å². The molecule has 0 aliphatic carbocycles. The first-order valence-electron chi connectivity index (χ1n) is 8.13. The summed E-state index contributed by atoms with van der Waals surface area (Å²) in [6.45, 7) is 4.10. The molecule has 0 bridgehead atoms. The zero-order valence-electron chi connectivity index (χ0n) is 13.9. The Morgan fingerprint density at radius 2 is 1.75 bits per heavy atom. The van der Waals surface area contributed by atoms with Crippen LogP contribution < -0.4 is 11.1 Å². The smallest absolute Gasteiger partial charge is 0.318 e. The lowest BCUT2D eigenvalue weighted by atomic mass is 10.1. The van der Waals surface area contributed by atoms with E-state index in [1.807, 2.05) is 40.1 Å². The Morgan fingerprint density at radius 1 is 1.12 bits per heavy atom. The van der Waals surface area contributed by atoms with Gasteiger partial charge in [-0.25, -0.2) is 4.79 Å². The van der Waals surface area contributed by atoms with E-state index in [0.717, 1.165) is 12.0 Å². The third-order valence-electron chi connectivity index (χ3n) is 4.31. The Balaban J connectivity index is 1.76. The van der Waals surface area contributed by atoms with Gasteiger partial charge in [0.1, 0.15) is 0 Å². The highest BCUT2D eigenvalue weighted by Crippen LogP contribution is 2.10. The fourth-order valence-electron chi connectivity index (χ4n) is 2.80. The van der Waals surface area contributed by atoms with Crippen LogP contribution in [-0.4, -0.2) is 59.9 Å². The number of carbonyl (C=O) groups excluding carboxylic acids is 3. The van der Waals surface area contributed by atoms with E-state index in [4.69, 9.17) is 5.73 Å². The number of nitrogens with two attached hydrogens (primary N) is 1. The van der Waals surface area contributed by atoms with Crippen LogP contribution in [-0.2, 0) is 16.0 Å². The molecule has 3 N–H and O–H groups in total. The van der Waals surface area contributed by atoms with Gasteiger partial charge in [0, 0.05) is 32.6 Å². The predicted octanol–water partition coefficient (Wildman–Crippen LogP) is 0.347. The summed E-state index contributed by atoms with van der Waals surface area (Å²) in [6.07, 6.45) is 1.22. The summed E-state index contributed by atoms with van der Waals surface area (Å²) in [5.74, 6) is -0.279. The van der Waals surface area contributed by atoms with Gasteiger partial charge < -0.3 is 10.6 Å². The molecule has 1 heterocycles. The van der Waals surface area contributed by atoms with Crippen LogP contribution in [0.1, 0.15) is 18.9 Å². The van der Waals surface area contributed by atoms with Crippen molar-refractivity contribution in [1.82, 2.24) is 15.1 Å². The number of aryl methyl sites for hydroxylation is 1. The van der Waals surface area contributed by atoms with Gasteiger partial charge in [-0.2, -0.15) is 0 Å². The van der Waals surface area contributed by atoms with Crippen molar-refractivity contribution in [3.63, 3.8) is 0 Å². The first-order chi connectivity index (χ1) is 11.5. The topological polar surface area (TPSA) is 95.7 Å². The van der Waals surface area contributed by atoms with E-state index in [-0.39, 0.29) is 5.91 Å². The fourth-order valence-corrected chi connectivity index (χ4v) is 2.80.